The molecule has 0 bridgehead atoms. The van der Waals surface area contributed by atoms with E-state index < -0.39 is 0 Å². The number of benzene rings is 2. The first-order valence-corrected chi connectivity index (χ1v) is 9.86. The van der Waals surface area contributed by atoms with Gasteiger partial charge in [-0.15, -0.1) is 0 Å². The normalized spacial score (nSPS) is 20.8. The van der Waals surface area contributed by atoms with Crippen molar-refractivity contribution in [1.82, 2.24) is 0 Å². The second-order valence-corrected chi connectivity index (χ2v) is 7.43. The summed E-state index contributed by atoms with van der Waals surface area (Å²) in [5.41, 5.74) is 2.50. The van der Waals surface area contributed by atoms with E-state index in [1.54, 1.807) is 19.1 Å². The van der Waals surface area contributed by atoms with Gasteiger partial charge in [0, 0.05) is 12.8 Å². The molecule has 0 spiro atoms. The number of carbonyl (C=O) groups excluding carboxylic acids is 2. The summed E-state index contributed by atoms with van der Waals surface area (Å²) >= 11 is 0. The molecule has 0 saturated carbocycles. The van der Waals surface area contributed by atoms with Crippen molar-refractivity contribution in [3.63, 3.8) is 0 Å². The minimum absolute atomic E-state index is 0.0453. The average Bonchev–Trinajstić information content (AvgIpc) is 3.20. The van der Waals surface area contributed by atoms with Gasteiger partial charge in [-0.25, -0.2) is 0 Å². The molecule has 2 aliphatic heterocycles. The van der Waals surface area contributed by atoms with Crippen LogP contribution in [0.4, 0.5) is 11.4 Å². The molecule has 0 radical (unpaired) electrons. The Morgan fingerprint density at radius 3 is 2.83 bits per heavy atom. The van der Waals surface area contributed by atoms with E-state index in [0.717, 1.165) is 42.1 Å². The Kier molecular flexibility index (Phi) is 5.40. The van der Waals surface area contributed by atoms with Crippen molar-refractivity contribution in [2.75, 3.05) is 44.1 Å². The fourth-order valence-electron chi connectivity index (χ4n) is 4.36. The summed E-state index contributed by atoms with van der Waals surface area (Å²) in [5, 5.41) is 2.83. The van der Waals surface area contributed by atoms with Crippen LogP contribution in [-0.4, -0.2) is 45.7 Å². The Balaban J connectivity index is 1.57. The Morgan fingerprint density at radius 1 is 1.21 bits per heavy atom. The number of fused-ring (bicyclic) bond motifs is 1. The number of rotatable bonds is 5. The lowest BCUT2D eigenvalue weighted by Crippen LogP contribution is -3.11. The summed E-state index contributed by atoms with van der Waals surface area (Å²) in [6, 6.07) is 13.4. The number of anilines is 2. The van der Waals surface area contributed by atoms with Crippen LogP contribution in [0.15, 0.2) is 42.5 Å². The van der Waals surface area contributed by atoms with Crippen molar-refractivity contribution in [1.29, 1.82) is 0 Å². The van der Waals surface area contributed by atoms with E-state index in [-0.39, 0.29) is 24.4 Å². The van der Waals surface area contributed by atoms with Gasteiger partial charge in [-0.05, 0) is 30.3 Å². The largest absolute Gasteiger partial charge is 0.497 e. The number of quaternary nitrogens is 1. The van der Waals surface area contributed by atoms with Gasteiger partial charge in [0.1, 0.15) is 24.1 Å². The Morgan fingerprint density at radius 2 is 2.03 bits per heavy atom. The van der Waals surface area contributed by atoms with Gasteiger partial charge >= 0.3 is 0 Å². The topological polar surface area (TPSA) is 72.3 Å². The van der Waals surface area contributed by atoms with E-state index in [0.29, 0.717) is 12.2 Å². The Hall–Kier alpha value is -3.06. The number of likely N-dealkylation sites (tertiary alicyclic amines) is 1. The first-order valence-electron chi connectivity index (χ1n) is 9.86. The number of methoxy groups -OCH3 is 2. The molecule has 2 aromatic carbocycles. The molecule has 2 atom stereocenters. The standard InChI is InChI=1S/C22H25N3O4/c1-28-15-9-10-20(29-2)16(12-15)18-8-5-11-24(18)14-22(27)25-13-21(26)23-17-6-3-4-7-19(17)25/h3-4,6-7,9-10,12,18H,5,8,11,13-14H2,1-2H3,(H,23,26)/p+1/t18-/m0/s1. The Bertz CT molecular complexity index is 930. The highest BCUT2D eigenvalue weighted by Crippen LogP contribution is 2.32. The van der Waals surface area contributed by atoms with Crippen LogP contribution >= 0.6 is 0 Å². The van der Waals surface area contributed by atoms with Crippen LogP contribution in [0.3, 0.4) is 0 Å². The quantitative estimate of drug-likeness (QED) is 0.802. The van der Waals surface area contributed by atoms with Crippen molar-refractivity contribution in [3.8, 4) is 11.5 Å². The van der Waals surface area contributed by atoms with Gasteiger partial charge in [0.25, 0.3) is 5.91 Å². The van der Waals surface area contributed by atoms with E-state index in [4.69, 9.17) is 9.47 Å². The highest BCUT2D eigenvalue weighted by Gasteiger charge is 2.36. The summed E-state index contributed by atoms with van der Waals surface area (Å²) in [4.78, 5) is 28.0. The molecule has 7 nitrogen and oxygen atoms in total. The lowest BCUT2D eigenvalue weighted by atomic mass is 10.0. The second-order valence-electron chi connectivity index (χ2n) is 7.43. The number of amides is 2. The first-order chi connectivity index (χ1) is 14.1. The van der Waals surface area contributed by atoms with E-state index in [2.05, 4.69) is 5.32 Å². The van der Waals surface area contributed by atoms with Crippen LogP contribution in [0, 0.1) is 0 Å². The first kappa shape index (κ1) is 19.3. The summed E-state index contributed by atoms with van der Waals surface area (Å²) in [5.74, 6) is 1.38. The van der Waals surface area contributed by atoms with Crippen LogP contribution in [0.25, 0.3) is 0 Å². The maximum atomic E-state index is 13.2. The predicted octanol–water partition coefficient (Wildman–Crippen LogP) is 1.41. The Labute approximate surface area is 170 Å². The van der Waals surface area contributed by atoms with Gasteiger partial charge < -0.3 is 19.7 Å². The lowest BCUT2D eigenvalue weighted by molar-refractivity contribution is -0.910. The maximum Gasteiger partial charge on any atom is 0.282 e. The number of hydrogen-bond acceptors (Lipinski definition) is 4. The van der Waals surface area contributed by atoms with Gasteiger partial charge in [0.2, 0.25) is 5.91 Å². The molecule has 2 amide bonds. The summed E-state index contributed by atoms with van der Waals surface area (Å²) in [6.07, 6.45) is 2.01. The fraction of sp³-hybridized carbons (Fsp3) is 0.364. The van der Waals surface area contributed by atoms with Crippen LogP contribution in [0.1, 0.15) is 24.4 Å². The molecule has 0 aromatic heterocycles. The predicted molar refractivity (Wildman–Crippen MR) is 110 cm³/mol. The molecule has 1 saturated heterocycles. The molecule has 152 valence electrons. The molecule has 2 N–H and O–H groups in total. The molecule has 7 heteroatoms. The number of nitrogens with one attached hydrogen (secondary N) is 2. The number of carbonyl (C=O) groups is 2. The van der Waals surface area contributed by atoms with Crippen molar-refractivity contribution in [2.24, 2.45) is 0 Å². The van der Waals surface area contributed by atoms with Crippen LogP contribution in [0.5, 0.6) is 11.5 Å². The van der Waals surface area contributed by atoms with Gasteiger partial charge in [0.05, 0.1) is 37.7 Å². The van der Waals surface area contributed by atoms with Gasteiger partial charge in [0.15, 0.2) is 6.54 Å². The third kappa shape index (κ3) is 3.78. The fourth-order valence-corrected chi connectivity index (χ4v) is 4.36. The molecule has 2 aromatic rings. The smallest absolute Gasteiger partial charge is 0.282 e. The van der Waals surface area contributed by atoms with Crippen LogP contribution in [0.2, 0.25) is 0 Å². The van der Waals surface area contributed by atoms with Crippen molar-refractivity contribution >= 4 is 23.2 Å². The van der Waals surface area contributed by atoms with Crippen molar-refractivity contribution in [3.05, 3.63) is 48.0 Å². The molecule has 4 rings (SSSR count). The van der Waals surface area contributed by atoms with E-state index >= 15 is 0 Å². The number of para-hydroxylation sites is 2. The summed E-state index contributed by atoms with van der Waals surface area (Å²) in [7, 11) is 3.31. The van der Waals surface area contributed by atoms with Crippen molar-refractivity contribution in [2.45, 2.75) is 18.9 Å². The summed E-state index contributed by atoms with van der Waals surface area (Å²) in [6.45, 7) is 1.28. The van der Waals surface area contributed by atoms with Crippen LogP contribution in [-0.2, 0) is 9.59 Å². The molecule has 1 fully saturated rings. The van der Waals surface area contributed by atoms with Gasteiger partial charge in [-0.1, -0.05) is 12.1 Å². The minimum atomic E-state index is -0.167. The third-order valence-corrected chi connectivity index (χ3v) is 5.75. The average molecular weight is 396 g/mol. The third-order valence-electron chi connectivity index (χ3n) is 5.75. The SMILES string of the molecule is COc1ccc(OC)c([C@@H]2CCC[NH+]2CC(=O)N2CC(=O)Nc3ccccc32)c1. The number of hydrogen-bond donors (Lipinski definition) is 2. The minimum Gasteiger partial charge on any atom is -0.497 e. The molecule has 2 heterocycles. The van der Waals surface area contributed by atoms with E-state index in [1.807, 2.05) is 42.5 Å². The monoisotopic (exact) mass is 396 g/mol. The molecule has 1 unspecified atom stereocenters. The zero-order valence-corrected chi connectivity index (χ0v) is 16.7. The van der Waals surface area contributed by atoms with Crippen LogP contribution < -0.4 is 24.6 Å². The highest BCUT2D eigenvalue weighted by molar-refractivity contribution is 6.10. The van der Waals surface area contributed by atoms with Gasteiger partial charge in [-0.2, -0.15) is 0 Å². The molecular weight excluding hydrogens is 370 g/mol. The second kappa shape index (κ2) is 8.13. The maximum absolute atomic E-state index is 13.2. The lowest BCUT2D eigenvalue weighted by Gasteiger charge is -2.31. The molecular formula is C22H26N3O4+. The molecule has 2 aliphatic rings. The zero-order valence-electron chi connectivity index (χ0n) is 16.7. The molecule has 0 aliphatic carbocycles. The molecule has 29 heavy (non-hydrogen) atoms. The number of ether oxygens (including phenoxy) is 2. The van der Waals surface area contributed by atoms with E-state index in [9.17, 15) is 9.59 Å². The highest BCUT2D eigenvalue weighted by atomic mass is 16.5. The number of nitrogens with zero attached hydrogens (tertiary/aromatic N) is 1. The zero-order chi connectivity index (χ0) is 20.4. The summed E-state index contributed by atoms with van der Waals surface area (Å²) < 4.78 is 11.0. The van der Waals surface area contributed by atoms with E-state index in [1.165, 1.54) is 4.90 Å². The van der Waals surface area contributed by atoms with Crippen molar-refractivity contribution < 1.29 is 24.0 Å². The van der Waals surface area contributed by atoms with Gasteiger partial charge in [-0.3, -0.25) is 14.5 Å².